The first-order valence-corrected chi connectivity index (χ1v) is 10.9. The van der Waals surface area contributed by atoms with Crippen molar-refractivity contribution in [2.45, 2.75) is 83.0 Å². The van der Waals surface area contributed by atoms with E-state index in [1.165, 1.54) is 69.6 Å². The minimum Gasteiger partial charge on any atom is -0.516 e. The first kappa shape index (κ1) is 23.5. The maximum atomic E-state index is 9.60. The minimum absolute atomic E-state index is 0.255. The Morgan fingerprint density at radius 3 is 1.96 bits per heavy atom. The van der Waals surface area contributed by atoms with E-state index >= 15 is 0 Å². The number of hydrogen-bond acceptors (Lipinski definition) is 2. The smallest absolute Gasteiger partial charge is 0.0751 e. The van der Waals surface area contributed by atoms with Crippen molar-refractivity contribution in [3.8, 4) is 0 Å². The van der Waals surface area contributed by atoms with E-state index in [2.05, 4.69) is 30.8 Å². The van der Waals surface area contributed by atoms with Gasteiger partial charge in [0.2, 0.25) is 0 Å². The van der Waals surface area contributed by atoms with Gasteiger partial charge < -0.3 is 10.2 Å². The summed E-state index contributed by atoms with van der Waals surface area (Å²) in [6.45, 7) is 4.09. The topological polar surface area (TPSA) is 40.5 Å². The zero-order chi connectivity index (χ0) is 19.6. The minimum atomic E-state index is 0.255. The first-order valence-electron chi connectivity index (χ1n) is 10.9. The third-order valence-electron chi connectivity index (χ3n) is 5.48. The summed E-state index contributed by atoms with van der Waals surface area (Å²) in [6.07, 6.45) is 19.7. The van der Waals surface area contributed by atoms with Crippen LogP contribution in [-0.4, -0.2) is 16.8 Å². The normalized spacial score (nSPS) is 13.7. The quantitative estimate of drug-likeness (QED) is 0.171. The van der Waals surface area contributed by atoms with Crippen molar-refractivity contribution < 1.29 is 10.2 Å². The highest BCUT2D eigenvalue weighted by molar-refractivity contribution is 5.19. The first-order chi connectivity index (χ1) is 13.3. The van der Waals surface area contributed by atoms with Gasteiger partial charge in [-0.1, -0.05) is 87.8 Å². The number of hydrogen-bond donors (Lipinski definition) is 2. The highest BCUT2D eigenvalue weighted by Crippen LogP contribution is 2.23. The van der Waals surface area contributed by atoms with Crippen LogP contribution in [0.25, 0.3) is 0 Å². The van der Waals surface area contributed by atoms with E-state index in [9.17, 15) is 5.11 Å². The maximum Gasteiger partial charge on any atom is 0.0751 e. The van der Waals surface area contributed by atoms with Crippen LogP contribution in [0.4, 0.5) is 0 Å². The number of unbranched alkanes of at least 4 members (excludes halogenated alkanes) is 7. The molecule has 2 heteroatoms. The number of allylic oxidation sites excluding steroid dienone is 2. The third-order valence-corrected chi connectivity index (χ3v) is 5.48. The fourth-order valence-corrected chi connectivity index (χ4v) is 3.79. The lowest BCUT2D eigenvalue weighted by atomic mass is 9.93. The average Bonchev–Trinajstić information content (AvgIpc) is 2.71. The fourth-order valence-electron chi connectivity index (χ4n) is 3.79. The predicted octanol–water partition coefficient (Wildman–Crippen LogP) is 7.32. The van der Waals surface area contributed by atoms with Crippen molar-refractivity contribution in [1.82, 2.24) is 0 Å². The number of aliphatic hydroxyl groups is 2. The van der Waals surface area contributed by atoms with Crippen LogP contribution in [0, 0.1) is 5.92 Å². The molecule has 0 spiro atoms. The fraction of sp³-hybridized carbons (Fsp3) is 0.600. The van der Waals surface area contributed by atoms with Crippen LogP contribution in [0.15, 0.2) is 55.3 Å². The van der Waals surface area contributed by atoms with Crippen molar-refractivity contribution in [3.05, 3.63) is 60.9 Å². The van der Waals surface area contributed by atoms with E-state index < -0.39 is 0 Å². The van der Waals surface area contributed by atoms with E-state index in [4.69, 9.17) is 5.11 Å². The molecule has 0 bridgehead atoms. The molecule has 0 fully saturated rings. The molecule has 0 radical (unpaired) electrons. The summed E-state index contributed by atoms with van der Waals surface area (Å²) in [7, 11) is 0. The van der Waals surface area contributed by atoms with Gasteiger partial charge in [0.15, 0.2) is 0 Å². The third kappa shape index (κ3) is 11.7. The largest absolute Gasteiger partial charge is 0.516 e. The highest BCUT2D eigenvalue weighted by atomic mass is 16.3. The molecule has 0 aliphatic rings. The van der Waals surface area contributed by atoms with Gasteiger partial charge in [0.25, 0.3) is 0 Å². The van der Waals surface area contributed by atoms with Gasteiger partial charge in [-0.3, -0.25) is 0 Å². The Hall–Kier alpha value is -1.54. The highest BCUT2D eigenvalue weighted by Gasteiger charge is 2.09. The van der Waals surface area contributed by atoms with Gasteiger partial charge in [0, 0.05) is 12.5 Å². The summed E-state index contributed by atoms with van der Waals surface area (Å²) in [4.78, 5) is 0. The summed E-state index contributed by atoms with van der Waals surface area (Å²) in [5, 5.41) is 18.4. The van der Waals surface area contributed by atoms with Gasteiger partial charge in [0.1, 0.15) is 0 Å². The van der Waals surface area contributed by atoms with Gasteiger partial charge in [-0.2, -0.15) is 0 Å². The van der Waals surface area contributed by atoms with Crippen LogP contribution < -0.4 is 0 Å². The lowest BCUT2D eigenvalue weighted by Crippen LogP contribution is -2.03. The van der Waals surface area contributed by atoms with E-state index in [1.807, 2.05) is 18.2 Å². The molecule has 27 heavy (non-hydrogen) atoms. The van der Waals surface area contributed by atoms with Gasteiger partial charge in [-0.15, -0.1) is 6.58 Å². The number of benzene rings is 1. The van der Waals surface area contributed by atoms with E-state index in [1.54, 1.807) is 0 Å². The molecule has 0 saturated carbocycles. The second kappa shape index (κ2) is 16.6. The summed E-state index contributed by atoms with van der Waals surface area (Å²) in [6, 6.07) is 10.4. The summed E-state index contributed by atoms with van der Waals surface area (Å²) >= 11 is 0. The second-order valence-corrected chi connectivity index (χ2v) is 7.71. The molecule has 0 saturated heterocycles. The zero-order valence-corrected chi connectivity index (χ0v) is 17.1. The Morgan fingerprint density at radius 2 is 1.41 bits per heavy atom. The van der Waals surface area contributed by atoms with Crippen LogP contribution in [0.1, 0.15) is 88.5 Å². The molecule has 1 aromatic rings. The van der Waals surface area contributed by atoms with Crippen LogP contribution in [0.2, 0.25) is 0 Å². The summed E-state index contributed by atoms with van der Waals surface area (Å²) in [5.41, 5.74) is 1.27. The van der Waals surface area contributed by atoms with Crippen molar-refractivity contribution in [2.75, 3.05) is 6.61 Å². The molecule has 2 unspecified atom stereocenters. The van der Waals surface area contributed by atoms with Crippen molar-refractivity contribution in [2.24, 2.45) is 5.92 Å². The average molecular weight is 373 g/mol. The molecule has 0 aromatic heterocycles. The molecule has 1 rings (SSSR count). The number of aliphatic hydroxyl groups excluding tert-OH is 2. The molecular formula is C25H40O2. The second-order valence-electron chi connectivity index (χ2n) is 7.71. The Balaban J connectivity index is 1.98. The monoisotopic (exact) mass is 372 g/mol. The zero-order valence-electron chi connectivity index (χ0n) is 17.1. The van der Waals surface area contributed by atoms with Crippen LogP contribution in [-0.2, 0) is 0 Å². The molecule has 1 aromatic carbocycles. The van der Waals surface area contributed by atoms with Crippen molar-refractivity contribution in [3.63, 3.8) is 0 Å². The Kier molecular flexibility index (Phi) is 14.5. The molecule has 2 atom stereocenters. The van der Waals surface area contributed by atoms with Gasteiger partial charge >= 0.3 is 0 Å². The van der Waals surface area contributed by atoms with Crippen LogP contribution in [0.5, 0.6) is 0 Å². The Labute approximate surface area is 167 Å². The number of rotatable bonds is 17. The van der Waals surface area contributed by atoms with Crippen LogP contribution >= 0.6 is 0 Å². The maximum absolute atomic E-state index is 9.60. The summed E-state index contributed by atoms with van der Waals surface area (Å²) < 4.78 is 0. The lowest BCUT2D eigenvalue weighted by molar-refractivity contribution is 0.256. The van der Waals surface area contributed by atoms with Gasteiger partial charge in [0.05, 0.1) is 6.26 Å². The SMILES string of the molecule is C=CCC(CC=CO)CCCCCCCCCCC(CO)c1ccccc1. The van der Waals surface area contributed by atoms with Gasteiger partial charge in [-0.25, -0.2) is 0 Å². The molecule has 152 valence electrons. The molecule has 0 amide bonds. The van der Waals surface area contributed by atoms with Gasteiger partial charge in [-0.05, 0) is 43.2 Å². The standard InChI is InChI=1S/C25H40O2/c1-2-15-23(17-14-21-26)16-10-7-5-3-4-6-8-11-20-25(22-27)24-18-12-9-13-19-24/h2,9,12-14,18-19,21,23,25-27H,1,3-8,10-11,15-17,20,22H2. The molecule has 0 aliphatic carbocycles. The summed E-state index contributed by atoms with van der Waals surface area (Å²) in [5.74, 6) is 0.936. The molecule has 0 heterocycles. The molecule has 0 aliphatic heterocycles. The van der Waals surface area contributed by atoms with Crippen molar-refractivity contribution in [1.29, 1.82) is 0 Å². The Morgan fingerprint density at radius 1 is 0.815 bits per heavy atom. The van der Waals surface area contributed by atoms with E-state index in [-0.39, 0.29) is 6.61 Å². The Bertz CT molecular complexity index is 480. The molecule has 2 nitrogen and oxygen atoms in total. The van der Waals surface area contributed by atoms with Crippen molar-refractivity contribution >= 4 is 0 Å². The van der Waals surface area contributed by atoms with Crippen LogP contribution in [0.3, 0.4) is 0 Å². The lowest BCUT2D eigenvalue weighted by Gasteiger charge is -2.14. The molecule has 2 N–H and O–H groups in total. The van der Waals surface area contributed by atoms with E-state index in [0.29, 0.717) is 11.8 Å². The molecular weight excluding hydrogens is 332 g/mol. The van der Waals surface area contributed by atoms with E-state index in [0.717, 1.165) is 19.3 Å². The predicted molar refractivity (Wildman–Crippen MR) is 117 cm³/mol.